The molecule has 0 atom stereocenters. The summed E-state index contributed by atoms with van der Waals surface area (Å²) in [6, 6.07) is 4.56. The molecule has 0 radical (unpaired) electrons. The molecule has 0 aliphatic heterocycles. The van der Waals surface area contributed by atoms with Crippen LogP contribution < -0.4 is 20.1 Å². The van der Waals surface area contributed by atoms with Crippen molar-refractivity contribution in [1.82, 2.24) is 15.3 Å². The fourth-order valence-electron chi connectivity index (χ4n) is 2.33. The fraction of sp³-hybridized carbons (Fsp3) is 0.429. The number of amides is 2. The summed E-state index contributed by atoms with van der Waals surface area (Å²) < 4.78 is 36.6. The van der Waals surface area contributed by atoms with Crippen molar-refractivity contribution in [3.8, 4) is 11.6 Å². The number of aromatic nitrogens is 2. The fourth-order valence-corrected chi connectivity index (χ4v) is 2.33. The molecule has 0 aromatic carbocycles. The Balaban J connectivity index is 2.04. The van der Waals surface area contributed by atoms with Gasteiger partial charge in [0.25, 0.3) is 17.7 Å². The van der Waals surface area contributed by atoms with Gasteiger partial charge in [0, 0.05) is 37.3 Å². The van der Waals surface area contributed by atoms with Crippen LogP contribution >= 0.6 is 0 Å². The van der Waals surface area contributed by atoms with Crippen molar-refractivity contribution >= 4 is 17.6 Å². The van der Waals surface area contributed by atoms with Crippen molar-refractivity contribution in [2.45, 2.75) is 40.2 Å². The van der Waals surface area contributed by atoms with Gasteiger partial charge in [-0.15, -0.1) is 0 Å². The molecule has 0 saturated carbocycles. The summed E-state index contributed by atoms with van der Waals surface area (Å²) in [4.78, 5) is 32.3. The molecule has 0 unspecified atom stereocenters. The second kappa shape index (κ2) is 10.6. The lowest BCUT2D eigenvalue weighted by Crippen LogP contribution is -2.24. The molecule has 0 bridgehead atoms. The maximum absolute atomic E-state index is 13.0. The van der Waals surface area contributed by atoms with Crippen LogP contribution in [0.2, 0.25) is 0 Å². The Hall–Kier alpha value is -3.30. The van der Waals surface area contributed by atoms with E-state index in [1.165, 1.54) is 24.5 Å². The van der Waals surface area contributed by atoms with E-state index in [0.29, 0.717) is 11.1 Å². The minimum absolute atomic E-state index is 0.0434. The predicted molar refractivity (Wildman–Crippen MR) is 110 cm³/mol. The Morgan fingerprint density at radius 1 is 1.19 bits per heavy atom. The summed E-state index contributed by atoms with van der Waals surface area (Å²) in [5.41, 5.74) is 0.909. The number of carbonyl (C=O) groups is 2. The molecule has 0 spiro atoms. The Kier molecular flexibility index (Phi) is 8.23. The Morgan fingerprint density at radius 3 is 2.58 bits per heavy atom. The zero-order valence-corrected chi connectivity index (χ0v) is 17.9. The van der Waals surface area contributed by atoms with Crippen LogP contribution in [0.3, 0.4) is 0 Å². The Labute approximate surface area is 179 Å². The van der Waals surface area contributed by atoms with E-state index in [4.69, 9.17) is 9.47 Å². The lowest BCUT2D eigenvalue weighted by Gasteiger charge is -2.15. The van der Waals surface area contributed by atoms with Gasteiger partial charge in [0.1, 0.15) is 5.82 Å². The number of nitrogens with zero attached hydrogens (tertiary/aromatic N) is 2. The third-order valence-electron chi connectivity index (χ3n) is 3.89. The van der Waals surface area contributed by atoms with Gasteiger partial charge in [0.15, 0.2) is 12.4 Å². The zero-order chi connectivity index (χ0) is 23.0. The van der Waals surface area contributed by atoms with Gasteiger partial charge < -0.3 is 20.1 Å². The van der Waals surface area contributed by atoms with Crippen LogP contribution in [0, 0.1) is 5.92 Å². The maximum Gasteiger partial charge on any atom is 0.278 e. The second-order valence-corrected chi connectivity index (χ2v) is 7.20. The SMILES string of the molecule is CCOc1cc(CNC(=O)c2ccnc(NC(=O)C(C)C)c2)cnc1OCC(C)(F)F. The summed E-state index contributed by atoms with van der Waals surface area (Å²) in [5.74, 6) is -3.37. The molecule has 2 aromatic heterocycles. The number of alkyl halides is 2. The maximum atomic E-state index is 13.0. The van der Waals surface area contributed by atoms with Crippen LogP contribution in [0.4, 0.5) is 14.6 Å². The van der Waals surface area contributed by atoms with E-state index in [9.17, 15) is 18.4 Å². The standard InChI is InChI=1S/C21H26F2N4O4/c1-5-30-16-8-14(11-26-20(16)31-12-21(4,22)23)10-25-19(29)15-6-7-24-17(9-15)27-18(28)13(2)3/h6-9,11,13H,5,10,12H2,1-4H3,(H,25,29)(H,24,27,28). The van der Waals surface area contributed by atoms with Crippen molar-refractivity contribution in [2.75, 3.05) is 18.5 Å². The number of anilines is 1. The first-order chi connectivity index (χ1) is 14.6. The molecule has 2 rings (SSSR count). The monoisotopic (exact) mass is 436 g/mol. The lowest BCUT2D eigenvalue weighted by molar-refractivity contribution is -0.118. The number of nitrogens with one attached hydrogen (secondary N) is 2. The summed E-state index contributed by atoms with van der Waals surface area (Å²) in [5, 5.41) is 5.36. The van der Waals surface area contributed by atoms with E-state index in [0.717, 1.165) is 6.92 Å². The second-order valence-electron chi connectivity index (χ2n) is 7.20. The molecule has 168 valence electrons. The van der Waals surface area contributed by atoms with E-state index in [1.54, 1.807) is 26.8 Å². The molecule has 8 nitrogen and oxygen atoms in total. The zero-order valence-electron chi connectivity index (χ0n) is 17.9. The Bertz CT molecular complexity index is 916. The van der Waals surface area contributed by atoms with Gasteiger partial charge in [0.05, 0.1) is 6.61 Å². The molecule has 0 aliphatic carbocycles. The van der Waals surface area contributed by atoms with Gasteiger partial charge in [-0.1, -0.05) is 13.8 Å². The number of ether oxygens (including phenoxy) is 2. The van der Waals surface area contributed by atoms with E-state index in [1.807, 2.05) is 0 Å². The molecular formula is C21H26F2N4O4. The van der Waals surface area contributed by atoms with Crippen molar-refractivity contribution in [3.05, 3.63) is 41.7 Å². The Morgan fingerprint density at radius 2 is 1.94 bits per heavy atom. The number of pyridine rings is 2. The van der Waals surface area contributed by atoms with Gasteiger partial charge in [-0.05, 0) is 30.7 Å². The lowest BCUT2D eigenvalue weighted by atomic mass is 10.2. The van der Waals surface area contributed by atoms with Crippen LogP contribution in [0.5, 0.6) is 11.6 Å². The van der Waals surface area contributed by atoms with Gasteiger partial charge >= 0.3 is 0 Å². The van der Waals surface area contributed by atoms with Gasteiger partial charge in [0.2, 0.25) is 5.91 Å². The van der Waals surface area contributed by atoms with E-state index >= 15 is 0 Å². The highest BCUT2D eigenvalue weighted by molar-refractivity contribution is 5.96. The summed E-state index contributed by atoms with van der Waals surface area (Å²) in [6.45, 7) is 5.57. The minimum Gasteiger partial charge on any atom is -0.488 e. The minimum atomic E-state index is -3.00. The van der Waals surface area contributed by atoms with Crippen molar-refractivity contribution in [3.63, 3.8) is 0 Å². The summed E-state index contributed by atoms with van der Waals surface area (Å²) in [7, 11) is 0. The highest BCUT2D eigenvalue weighted by Crippen LogP contribution is 2.27. The highest BCUT2D eigenvalue weighted by atomic mass is 19.3. The molecule has 10 heteroatoms. The summed E-state index contributed by atoms with van der Waals surface area (Å²) in [6.07, 6.45) is 2.84. The average Bonchev–Trinajstić information content (AvgIpc) is 2.71. The molecule has 2 aromatic rings. The smallest absolute Gasteiger partial charge is 0.278 e. The van der Waals surface area contributed by atoms with E-state index in [-0.39, 0.29) is 48.3 Å². The van der Waals surface area contributed by atoms with Crippen LogP contribution in [0.1, 0.15) is 43.6 Å². The first kappa shape index (κ1) is 24.0. The molecule has 0 aliphatic rings. The number of hydrogen-bond acceptors (Lipinski definition) is 6. The van der Waals surface area contributed by atoms with E-state index in [2.05, 4.69) is 20.6 Å². The molecule has 31 heavy (non-hydrogen) atoms. The van der Waals surface area contributed by atoms with Gasteiger partial charge in [-0.25, -0.2) is 18.7 Å². The third-order valence-corrected chi connectivity index (χ3v) is 3.89. The largest absolute Gasteiger partial charge is 0.488 e. The first-order valence-corrected chi connectivity index (χ1v) is 9.76. The molecule has 0 saturated heterocycles. The molecule has 2 heterocycles. The average molecular weight is 436 g/mol. The first-order valence-electron chi connectivity index (χ1n) is 9.76. The third kappa shape index (κ3) is 7.80. The van der Waals surface area contributed by atoms with Gasteiger partial charge in [-0.3, -0.25) is 9.59 Å². The number of hydrogen-bond donors (Lipinski definition) is 2. The topological polar surface area (TPSA) is 102 Å². The normalized spacial score (nSPS) is 11.2. The number of rotatable bonds is 10. The summed E-state index contributed by atoms with van der Waals surface area (Å²) >= 11 is 0. The van der Waals surface area contributed by atoms with Crippen LogP contribution in [0.25, 0.3) is 0 Å². The highest BCUT2D eigenvalue weighted by Gasteiger charge is 2.23. The molecule has 2 amide bonds. The van der Waals surface area contributed by atoms with Crippen LogP contribution in [-0.4, -0.2) is 40.9 Å². The van der Waals surface area contributed by atoms with Crippen molar-refractivity contribution < 1.29 is 27.8 Å². The van der Waals surface area contributed by atoms with E-state index < -0.39 is 12.5 Å². The van der Waals surface area contributed by atoms with Crippen molar-refractivity contribution in [2.24, 2.45) is 5.92 Å². The predicted octanol–water partition coefficient (Wildman–Crippen LogP) is 3.43. The number of halogens is 2. The number of carbonyl (C=O) groups excluding carboxylic acids is 2. The molecule has 2 N–H and O–H groups in total. The van der Waals surface area contributed by atoms with Crippen LogP contribution in [-0.2, 0) is 11.3 Å². The van der Waals surface area contributed by atoms with Crippen molar-refractivity contribution in [1.29, 1.82) is 0 Å². The van der Waals surface area contributed by atoms with Crippen LogP contribution in [0.15, 0.2) is 30.6 Å². The molecular weight excluding hydrogens is 410 g/mol. The quantitative estimate of drug-likeness (QED) is 0.592. The van der Waals surface area contributed by atoms with Gasteiger partial charge in [-0.2, -0.15) is 0 Å². The molecule has 0 fully saturated rings.